The molecule has 6 heteroatoms. The Hall–Kier alpha value is -1.79. The molecule has 4 nitrogen and oxygen atoms in total. The van der Waals surface area contributed by atoms with E-state index in [2.05, 4.69) is 50.2 Å². The van der Waals surface area contributed by atoms with Crippen molar-refractivity contribution >= 4 is 38.5 Å². The molecule has 1 N–H and O–H groups in total. The van der Waals surface area contributed by atoms with Crippen molar-refractivity contribution in [2.24, 2.45) is 0 Å². The van der Waals surface area contributed by atoms with Crippen LogP contribution in [0.1, 0.15) is 6.42 Å². The number of hydrogen-bond acceptors (Lipinski definition) is 4. The standard InChI is InChI=1S/C17H15BrN2O2S/c18-15-11-19-17(20-16(15)21)23-9-3-8-22-14-7-6-12-4-1-2-5-13(12)10-14/h1-2,4-7,10-11H,3,8-9H2,(H,19,20,21). The summed E-state index contributed by atoms with van der Waals surface area (Å²) in [7, 11) is 0. The first-order valence-corrected chi connectivity index (χ1v) is 8.99. The topological polar surface area (TPSA) is 55.0 Å². The highest BCUT2D eigenvalue weighted by Crippen LogP contribution is 2.21. The Bertz CT molecular complexity index is 866. The number of aromatic nitrogens is 2. The molecule has 0 saturated heterocycles. The quantitative estimate of drug-likeness (QED) is 0.388. The van der Waals surface area contributed by atoms with Crippen molar-refractivity contribution < 1.29 is 4.74 Å². The molecule has 0 spiro atoms. The Balaban J connectivity index is 1.47. The maximum atomic E-state index is 11.4. The molecule has 0 amide bonds. The third-order valence-corrected chi connectivity index (χ3v) is 4.79. The molecular weight excluding hydrogens is 376 g/mol. The molecule has 0 aliphatic rings. The molecule has 0 atom stereocenters. The zero-order chi connectivity index (χ0) is 16.1. The van der Waals surface area contributed by atoms with E-state index in [1.54, 1.807) is 0 Å². The molecule has 3 rings (SSSR count). The average Bonchev–Trinajstić information content (AvgIpc) is 2.57. The minimum atomic E-state index is -0.157. The Labute approximate surface area is 146 Å². The molecule has 0 unspecified atom stereocenters. The normalized spacial score (nSPS) is 10.8. The number of fused-ring (bicyclic) bond motifs is 1. The fraction of sp³-hybridized carbons (Fsp3) is 0.176. The van der Waals surface area contributed by atoms with Crippen LogP contribution < -0.4 is 10.3 Å². The van der Waals surface area contributed by atoms with Crippen molar-refractivity contribution in [3.63, 3.8) is 0 Å². The van der Waals surface area contributed by atoms with Crippen molar-refractivity contribution in [3.05, 3.63) is 63.5 Å². The first-order chi connectivity index (χ1) is 11.2. The van der Waals surface area contributed by atoms with Gasteiger partial charge in [0.2, 0.25) is 0 Å². The van der Waals surface area contributed by atoms with Gasteiger partial charge in [0.15, 0.2) is 5.16 Å². The molecule has 1 heterocycles. The van der Waals surface area contributed by atoms with Crippen LogP contribution >= 0.6 is 27.7 Å². The van der Waals surface area contributed by atoms with E-state index in [-0.39, 0.29) is 5.56 Å². The largest absolute Gasteiger partial charge is 0.494 e. The number of halogens is 1. The number of hydrogen-bond donors (Lipinski definition) is 1. The Morgan fingerprint density at radius 2 is 2.00 bits per heavy atom. The van der Waals surface area contributed by atoms with Crippen LogP contribution in [-0.2, 0) is 0 Å². The highest BCUT2D eigenvalue weighted by atomic mass is 79.9. The molecule has 0 fully saturated rings. The third-order valence-electron chi connectivity index (χ3n) is 3.25. The molecule has 118 valence electrons. The molecule has 23 heavy (non-hydrogen) atoms. The van der Waals surface area contributed by atoms with Crippen LogP contribution in [0.2, 0.25) is 0 Å². The van der Waals surface area contributed by atoms with Crippen molar-refractivity contribution in [2.75, 3.05) is 12.4 Å². The molecule has 0 radical (unpaired) electrons. The predicted molar refractivity (Wildman–Crippen MR) is 97.3 cm³/mol. The zero-order valence-electron chi connectivity index (χ0n) is 12.3. The predicted octanol–water partition coefficient (Wildman–Crippen LogP) is 4.25. The first-order valence-electron chi connectivity index (χ1n) is 7.21. The highest BCUT2D eigenvalue weighted by Gasteiger charge is 2.01. The Morgan fingerprint density at radius 1 is 1.17 bits per heavy atom. The second-order valence-electron chi connectivity index (χ2n) is 4.92. The zero-order valence-corrected chi connectivity index (χ0v) is 14.7. The fourth-order valence-electron chi connectivity index (χ4n) is 2.11. The van der Waals surface area contributed by atoms with E-state index in [1.165, 1.54) is 28.7 Å². The van der Waals surface area contributed by atoms with E-state index >= 15 is 0 Å². The Kier molecular flexibility index (Phi) is 5.35. The number of thioether (sulfide) groups is 1. The maximum Gasteiger partial charge on any atom is 0.265 e. The number of rotatable bonds is 6. The van der Waals surface area contributed by atoms with Crippen LogP contribution in [0.25, 0.3) is 10.8 Å². The molecular formula is C17H15BrN2O2S. The van der Waals surface area contributed by atoms with Gasteiger partial charge in [-0.1, -0.05) is 42.1 Å². The van der Waals surface area contributed by atoms with Gasteiger partial charge in [0.1, 0.15) is 10.2 Å². The van der Waals surface area contributed by atoms with E-state index in [0.717, 1.165) is 17.9 Å². The number of H-pyrrole nitrogens is 1. The van der Waals surface area contributed by atoms with E-state index in [1.807, 2.05) is 18.2 Å². The molecule has 0 aliphatic heterocycles. The lowest BCUT2D eigenvalue weighted by atomic mass is 10.1. The number of ether oxygens (including phenoxy) is 1. The van der Waals surface area contributed by atoms with Crippen molar-refractivity contribution in [2.45, 2.75) is 11.6 Å². The number of nitrogens with zero attached hydrogens (tertiary/aromatic N) is 1. The lowest BCUT2D eigenvalue weighted by Gasteiger charge is -2.07. The Morgan fingerprint density at radius 3 is 2.83 bits per heavy atom. The second-order valence-corrected chi connectivity index (χ2v) is 6.86. The number of aromatic amines is 1. The monoisotopic (exact) mass is 390 g/mol. The summed E-state index contributed by atoms with van der Waals surface area (Å²) in [5.41, 5.74) is -0.157. The number of benzene rings is 2. The lowest BCUT2D eigenvalue weighted by molar-refractivity contribution is 0.319. The minimum absolute atomic E-state index is 0.157. The summed E-state index contributed by atoms with van der Waals surface area (Å²) in [6.45, 7) is 0.631. The summed E-state index contributed by atoms with van der Waals surface area (Å²) >= 11 is 4.64. The smallest absolute Gasteiger partial charge is 0.265 e. The highest BCUT2D eigenvalue weighted by molar-refractivity contribution is 9.10. The van der Waals surface area contributed by atoms with Gasteiger partial charge in [-0.05, 0) is 45.3 Å². The van der Waals surface area contributed by atoms with Gasteiger partial charge in [0, 0.05) is 11.9 Å². The summed E-state index contributed by atoms with van der Waals surface area (Å²) in [5, 5.41) is 3.01. The van der Waals surface area contributed by atoms with Crippen LogP contribution in [0, 0.1) is 0 Å². The molecule has 2 aromatic carbocycles. The summed E-state index contributed by atoms with van der Waals surface area (Å²) in [4.78, 5) is 18.3. The molecule has 0 bridgehead atoms. The van der Waals surface area contributed by atoms with E-state index in [0.29, 0.717) is 16.2 Å². The maximum absolute atomic E-state index is 11.4. The van der Waals surface area contributed by atoms with Crippen molar-refractivity contribution in [1.29, 1.82) is 0 Å². The van der Waals surface area contributed by atoms with Crippen molar-refractivity contribution in [1.82, 2.24) is 9.97 Å². The van der Waals surface area contributed by atoms with Gasteiger partial charge in [-0.15, -0.1) is 0 Å². The molecule has 0 aliphatic carbocycles. The van der Waals surface area contributed by atoms with Gasteiger partial charge in [0.25, 0.3) is 5.56 Å². The van der Waals surface area contributed by atoms with Crippen LogP contribution in [0.3, 0.4) is 0 Å². The minimum Gasteiger partial charge on any atom is -0.494 e. The van der Waals surface area contributed by atoms with Crippen LogP contribution in [0.5, 0.6) is 5.75 Å². The molecule has 1 aromatic heterocycles. The summed E-state index contributed by atoms with van der Waals surface area (Å²) in [5.74, 6) is 1.71. The molecule has 3 aromatic rings. The first kappa shape index (κ1) is 16.1. The van der Waals surface area contributed by atoms with Gasteiger partial charge >= 0.3 is 0 Å². The SMILES string of the molecule is O=c1[nH]c(SCCCOc2ccc3ccccc3c2)ncc1Br. The van der Waals surface area contributed by atoms with Crippen LogP contribution in [0.15, 0.2) is 63.1 Å². The lowest BCUT2D eigenvalue weighted by Crippen LogP contribution is -2.08. The van der Waals surface area contributed by atoms with Gasteiger partial charge in [-0.2, -0.15) is 0 Å². The van der Waals surface area contributed by atoms with E-state index in [4.69, 9.17) is 4.74 Å². The van der Waals surface area contributed by atoms with Gasteiger partial charge < -0.3 is 9.72 Å². The number of nitrogens with one attached hydrogen (secondary N) is 1. The molecule has 0 saturated carbocycles. The van der Waals surface area contributed by atoms with E-state index < -0.39 is 0 Å². The van der Waals surface area contributed by atoms with E-state index in [9.17, 15) is 4.79 Å². The van der Waals surface area contributed by atoms with Gasteiger partial charge in [0.05, 0.1) is 6.61 Å². The third kappa shape index (κ3) is 4.36. The summed E-state index contributed by atoms with van der Waals surface area (Å²) < 4.78 is 6.23. The van der Waals surface area contributed by atoms with Gasteiger partial charge in [-0.3, -0.25) is 4.79 Å². The van der Waals surface area contributed by atoms with Crippen molar-refractivity contribution in [3.8, 4) is 5.75 Å². The average molecular weight is 391 g/mol. The second kappa shape index (κ2) is 7.66. The van der Waals surface area contributed by atoms with Crippen LogP contribution in [0.4, 0.5) is 0 Å². The van der Waals surface area contributed by atoms with Crippen LogP contribution in [-0.4, -0.2) is 22.3 Å². The fourth-order valence-corrected chi connectivity index (χ4v) is 3.06. The summed E-state index contributed by atoms with van der Waals surface area (Å²) in [6.07, 6.45) is 2.39. The summed E-state index contributed by atoms with van der Waals surface area (Å²) in [6, 6.07) is 14.3. The van der Waals surface area contributed by atoms with Gasteiger partial charge in [-0.25, -0.2) is 4.98 Å².